The van der Waals surface area contributed by atoms with Gasteiger partial charge in [0.2, 0.25) is 0 Å². The van der Waals surface area contributed by atoms with Crippen molar-refractivity contribution in [1.82, 2.24) is 9.80 Å². The molecule has 0 bridgehead atoms. The minimum absolute atomic E-state index is 0.200. The second kappa shape index (κ2) is 10.2. The van der Waals surface area contributed by atoms with E-state index in [0.29, 0.717) is 36.0 Å². The molecule has 3 aliphatic heterocycles. The molecule has 6 nitrogen and oxygen atoms in total. The molecule has 0 aliphatic carbocycles. The van der Waals surface area contributed by atoms with Crippen LogP contribution in [0.2, 0.25) is 0 Å². The Balaban J connectivity index is 1.18. The van der Waals surface area contributed by atoms with E-state index in [1.807, 2.05) is 60.7 Å². The van der Waals surface area contributed by atoms with Crippen molar-refractivity contribution in [3.63, 3.8) is 0 Å². The van der Waals surface area contributed by atoms with Crippen molar-refractivity contribution in [3.8, 4) is 0 Å². The molecule has 2 aromatic carbocycles. The van der Waals surface area contributed by atoms with Crippen LogP contribution in [-0.2, 0) is 9.59 Å². The predicted octanol–water partition coefficient (Wildman–Crippen LogP) is 5.47. The highest BCUT2D eigenvalue weighted by atomic mass is 79.9. The fraction of sp³-hybridized carbons (Fsp3) is 0.167. The number of hydrogen-bond acceptors (Lipinski definition) is 6. The van der Waals surface area contributed by atoms with E-state index in [1.54, 1.807) is 0 Å². The first-order chi connectivity index (χ1) is 16.4. The van der Waals surface area contributed by atoms with Gasteiger partial charge in [0.25, 0.3) is 11.8 Å². The molecule has 34 heavy (non-hydrogen) atoms. The molecule has 0 radical (unpaired) electrons. The van der Waals surface area contributed by atoms with Gasteiger partial charge in [-0.25, -0.2) is 0 Å². The van der Waals surface area contributed by atoms with Gasteiger partial charge in [-0.15, -0.1) is 0 Å². The maximum absolute atomic E-state index is 12.4. The molecule has 0 unspecified atom stereocenters. The third kappa shape index (κ3) is 5.40. The van der Waals surface area contributed by atoms with Crippen molar-refractivity contribution in [2.45, 2.75) is 0 Å². The Kier molecular flexibility index (Phi) is 7.10. The van der Waals surface area contributed by atoms with Gasteiger partial charge in [0.05, 0.1) is 9.81 Å². The van der Waals surface area contributed by atoms with E-state index >= 15 is 0 Å². The zero-order chi connectivity index (χ0) is 23.7. The summed E-state index contributed by atoms with van der Waals surface area (Å²) in [6.45, 7) is 2.85. The quantitative estimate of drug-likeness (QED) is 0.417. The van der Waals surface area contributed by atoms with E-state index in [4.69, 9.17) is 0 Å². The number of hydrogen-bond donors (Lipinski definition) is 0. The van der Waals surface area contributed by atoms with E-state index in [1.165, 1.54) is 23.5 Å². The van der Waals surface area contributed by atoms with Gasteiger partial charge in [-0.05, 0) is 71.1 Å². The molecule has 5 rings (SSSR count). The lowest BCUT2D eigenvalue weighted by molar-refractivity contribution is -0.114. The molecular weight excluding hydrogens is 600 g/mol. The van der Waals surface area contributed by atoms with Crippen molar-refractivity contribution < 1.29 is 9.59 Å². The highest BCUT2D eigenvalue weighted by Gasteiger charge is 2.32. The number of rotatable bonds is 2. The van der Waals surface area contributed by atoms with E-state index in [0.717, 1.165) is 30.4 Å². The highest BCUT2D eigenvalue weighted by Crippen LogP contribution is 2.33. The number of halogens is 2. The zero-order valence-corrected chi connectivity index (χ0v) is 22.6. The molecule has 3 aliphatic rings. The van der Waals surface area contributed by atoms with Crippen molar-refractivity contribution in [2.75, 3.05) is 26.2 Å². The Morgan fingerprint density at radius 2 is 1.00 bits per heavy atom. The fourth-order valence-electron chi connectivity index (χ4n) is 3.58. The second-order valence-corrected chi connectivity index (χ2v) is 11.5. The SMILES string of the molecule is O=C1N=C(N2CCN(C3=NC(=O)C(=Cc4ccc(Br)cc4)S3)CC2)SC1=Cc1ccc(Br)cc1. The van der Waals surface area contributed by atoms with E-state index in [9.17, 15) is 9.59 Å². The smallest absolute Gasteiger partial charge is 0.286 e. The summed E-state index contributed by atoms with van der Waals surface area (Å²) < 4.78 is 2.00. The average Bonchev–Trinajstić information content (AvgIpc) is 3.39. The first-order valence-electron chi connectivity index (χ1n) is 10.5. The minimum Gasteiger partial charge on any atom is -0.347 e. The molecule has 2 aromatic rings. The molecule has 1 saturated heterocycles. The molecular formula is C24H18Br2N4O2S2. The fourth-order valence-corrected chi connectivity index (χ4v) is 6.03. The van der Waals surface area contributed by atoms with E-state index < -0.39 is 0 Å². The average molecular weight is 618 g/mol. The number of benzene rings is 2. The van der Waals surface area contributed by atoms with E-state index in [2.05, 4.69) is 51.6 Å². The van der Waals surface area contributed by atoms with Crippen LogP contribution in [0.15, 0.2) is 77.3 Å². The number of amides is 2. The summed E-state index contributed by atoms with van der Waals surface area (Å²) in [5, 5.41) is 1.47. The summed E-state index contributed by atoms with van der Waals surface area (Å²) >= 11 is 9.68. The molecule has 1 fully saturated rings. The second-order valence-electron chi connectivity index (χ2n) is 7.70. The molecule has 0 saturated carbocycles. The summed E-state index contributed by atoms with van der Waals surface area (Å²) in [5.74, 6) is -0.399. The monoisotopic (exact) mass is 616 g/mol. The van der Waals surface area contributed by atoms with Gasteiger partial charge in [0.15, 0.2) is 10.3 Å². The first kappa shape index (κ1) is 23.6. The molecule has 0 N–H and O–H groups in total. The Hall–Kier alpha value is -2.14. The van der Waals surface area contributed by atoms with Crippen LogP contribution < -0.4 is 0 Å². The van der Waals surface area contributed by atoms with Gasteiger partial charge < -0.3 is 9.80 Å². The predicted molar refractivity (Wildman–Crippen MR) is 147 cm³/mol. The van der Waals surface area contributed by atoms with Crippen molar-refractivity contribution in [2.24, 2.45) is 9.98 Å². The topological polar surface area (TPSA) is 65.3 Å². The van der Waals surface area contributed by atoms with Crippen LogP contribution in [-0.4, -0.2) is 58.1 Å². The Morgan fingerprint density at radius 3 is 1.35 bits per heavy atom. The number of carbonyl (C=O) groups excluding carboxylic acids is 2. The Morgan fingerprint density at radius 1 is 0.647 bits per heavy atom. The van der Waals surface area contributed by atoms with Gasteiger partial charge in [-0.2, -0.15) is 9.98 Å². The maximum Gasteiger partial charge on any atom is 0.286 e. The summed E-state index contributed by atoms with van der Waals surface area (Å²) in [4.78, 5) is 38.9. The lowest BCUT2D eigenvalue weighted by Crippen LogP contribution is -2.49. The van der Waals surface area contributed by atoms with Gasteiger partial charge in [0, 0.05) is 35.1 Å². The number of aliphatic imine (C=N–C) groups is 2. The summed E-state index contributed by atoms with van der Waals surface area (Å²) in [7, 11) is 0. The summed E-state index contributed by atoms with van der Waals surface area (Å²) in [6, 6.07) is 15.6. The number of nitrogens with zero attached hydrogens (tertiary/aromatic N) is 4. The highest BCUT2D eigenvalue weighted by molar-refractivity contribution is 9.10. The molecule has 0 aromatic heterocycles. The Bertz CT molecular complexity index is 1160. The zero-order valence-electron chi connectivity index (χ0n) is 17.8. The van der Waals surface area contributed by atoms with Crippen LogP contribution in [0.4, 0.5) is 0 Å². The van der Waals surface area contributed by atoms with Crippen LogP contribution in [0.3, 0.4) is 0 Å². The van der Waals surface area contributed by atoms with Gasteiger partial charge in [-0.3, -0.25) is 9.59 Å². The van der Waals surface area contributed by atoms with Crippen LogP contribution in [0.1, 0.15) is 11.1 Å². The number of thioether (sulfide) groups is 2. The van der Waals surface area contributed by atoms with Crippen molar-refractivity contribution in [1.29, 1.82) is 0 Å². The molecule has 0 spiro atoms. The molecule has 10 heteroatoms. The van der Waals surface area contributed by atoms with Crippen molar-refractivity contribution in [3.05, 3.63) is 78.4 Å². The molecule has 2 amide bonds. The van der Waals surface area contributed by atoms with Gasteiger partial charge in [0.1, 0.15) is 0 Å². The lowest BCUT2D eigenvalue weighted by Gasteiger charge is -2.35. The standard InChI is InChI=1S/C24H18Br2N4O2S2/c25-17-5-1-15(2-6-17)13-19-21(31)27-23(33-19)29-9-11-30(12-10-29)24-28-22(32)20(34-24)14-16-3-7-18(26)8-4-16/h1-8,13-14H,9-12H2. The van der Waals surface area contributed by atoms with Crippen LogP contribution in [0.25, 0.3) is 12.2 Å². The van der Waals surface area contributed by atoms with Crippen LogP contribution in [0.5, 0.6) is 0 Å². The summed E-state index contributed by atoms with van der Waals surface area (Å²) in [6.07, 6.45) is 3.75. The molecule has 0 atom stereocenters. The van der Waals surface area contributed by atoms with Gasteiger partial charge in [-0.1, -0.05) is 56.1 Å². The van der Waals surface area contributed by atoms with Crippen LogP contribution >= 0.6 is 55.4 Å². The van der Waals surface area contributed by atoms with E-state index in [-0.39, 0.29) is 11.8 Å². The molecule has 172 valence electrons. The minimum atomic E-state index is -0.200. The normalized spacial score (nSPS) is 21.0. The summed E-state index contributed by atoms with van der Waals surface area (Å²) in [5.41, 5.74) is 1.93. The van der Waals surface area contributed by atoms with Crippen molar-refractivity contribution >= 4 is 89.7 Å². The maximum atomic E-state index is 12.4. The Labute approximate surface area is 222 Å². The largest absolute Gasteiger partial charge is 0.347 e. The number of amidine groups is 2. The third-order valence-corrected chi connectivity index (χ3v) is 8.52. The number of carbonyl (C=O) groups is 2. The number of piperazine rings is 1. The lowest BCUT2D eigenvalue weighted by atomic mass is 10.2. The first-order valence-corrected chi connectivity index (χ1v) is 13.7. The van der Waals surface area contributed by atoms with Crippen LogP contribution in [0, 0.1) is 0 Å². The molecule has 3 heterocycles. The third-order valence-electron chi connectivity index (χ3n) is 5.37. The van der Waals surface area contributed by atoms with Gasteiger partial charge >= 0.3 is 0 Å².